The molecular weight excluding hydrogens is 156 g/mol. The maximum Gasteiger partial charge on any atom is 0.243 e. The second-order valence-corrected chi connectivity index (χ2v) is 2.84. The van der Waals surface area contributed by atoms with Gasteiger partial charge in [-0.1, -0.05) is 6.92 Å². The summed E-state index contributed by atoms with van der Waals surface area (Å²) < 4.78 is 0. The SMILES string of the molecule is CCONC(=O)CCC(C)CN. The van der Waals surface area contributed by atoms with Crippen LogP contribution in [0.5, 0.6) is 0 Å². The molecule has 1 unspecified atom stereocenters. The van der Waals surface area contributed by atoms with Crippen LogP contribution in [0.3, 0.4) is 0 Å². The van der Waals surface area contributed by atoms with Gasteiger partial charge in [-0.25, -0.2) is 5.48 Å². The zero-order valence-corrected chi connectivity index (χ0v) is 7.80. The lowest BCUT2D eigenvalue weighted by Gasteiger charge is -2.07. The molecule has 0 aromatic rings. The van der Waals surface area contributed by atoms with E-state index in [-0.39, 0.29) is 5.91 Å². The van der Waals surface area contributed by atoms with Gasteiger partial charge in [-0.05, 0) is 25.8 Å². The Morgan fingerprint density at radius 3 is 2.83 bits per heavy atom. The number of amides is 1. The van der Waals surface area contributed by atoms with Crippen molar-refractivity contribution >= 4 is 5.91 Å². The van der Waals surface area contributed by atoms with Crippen LogP contribution in [0, 0.1) is 5.92 Å². The number of hydroxylamine groups is 1. The Morgan fingerprint density at radius 1 is 1.67 bits per heavy atom. The van der Waals surface area contributed by atoms with Crippen molar-refractivity contribution in [3.63, 3.8) is 0 Å². The lowest BCUT2D eigenvalue weighted by Crippen LogP contribution is -2.24. The molecule has 0 saturated carbocycles. The Balaban J connectivity index is 3.31. The zero-order valence-electron chi connectivity index (χ0n) is 7.80. The summed E-state index contributed by atoms with van der Waals surface area (Å²) in [5.74, 6) is 0.328. The number of nitrogens with one attached hydrogen (secondary N) is 1. The molecule has 3 N–H and O–H groups in total. The molecule has 72 valence electrons. The van der Waals surface area contributed by atoms with E-state index in [1.54, 1.807) is 0 Å². The first-order valence-electron chi connectivity index (χ1n) is 4.31. The van der Waals surface area contributed by atoms with Crippen molar-refractivity contribution in [3.8, 4) is 0 Å². The fourth-order valence-electron chi connectivity index (χ4n) is 0.699. The van der Waals surface area contributed by atoms with Gasteiger partial charge < -0.3 is 5.73 Å². The molecule has 0 saturated heterocycles. The molecule has 0 aliphatic rings. The third-order valence-electron chi connectivity index (χ3n) is 1.60. The Morgan fingerprint density at radius 2 is 2.33 bits per heavy atom. The predicted molar refractivity (Wildman–Crippen MR) is 47.2 cm³/mol. The number of carbonyl (C=O) groups excluding carboxylic acids is 1. The molecule has 0 aromatic carbocycles. The number of nitrogens with two attached hydrogens (primary N) is 1. The van der Waals surface area contributed by atoms with Crippen molar-refractivity contribution in [1.82, 2.24) is 5.48 Å². The molecule has 0 bridgehead atoms. The lowest BCUT2D eigenvalue weighted by atomic mass is 10.1. The van der Waals surface area contributed by atoms with Gasteiger partial charge in [-0.2, -0.15) is 0 Å². The molecule has 1 amide bonds. The molecule has 0 aliphatic carbocycles. The van der Waals surface area contributed by atoms with Gasteiger partial charge in [0.05, 0.1) is 6.61 Å². The number of hydrogen-bond acceptors (Lipinski definition) is 3. The Bertz CT molecular complexity index is 128. The van der Waals surface area contributed by atoms with Crippen molar-refractivity contribution in [2.45, 2.75) is 26.7 Å². The maximum absolute atomic E-state index is 10.9. The topological polar surface area (TPSA) is 64.3 Å². The van der Waals surface area contributed by atoms with Crippen LogP contribution in [0.2, 0.25) is 0 Å². The van der Waals surface area contributed by atoms with Crippen LogP contribution in [0.25, 0.3) is 0 Å². The minimum Gasteiger partial charge on any atom is -0.330 e. The maximum atomic E-state index is 10.9. The molecule has 4 heteroatoms. The monoisotopic (exact) mass is 174 g/mol. The highest BCUT2D eigenvalue weighted by molar-refractivity contribution is 5.74. The predicted octanol–water partition coefficient (Wildman–Crippen LogP) is 0.429. The summed E-state index contributed by atoms with van der Waals surface area (Å²) in [5.41, 5.74) is 7.73. The molecule has 0 heterocycles. The first-order valence-corrected chi connectivity index (χ1v) is 4.31. The molecule has 0 spiro atoms. The number of rotatable bonds is 6. The number of hydrogen-bond donors (Lipinski definition) is 2. The lowest BCUT2D eigenvalue weighted by molar-refractivity contribution is -0.133. The molecule has 0 radical (unpaired) electrons. The summed E-state index contributed by atoms with van der Waals surface area (Å²) in [6.45, 7) is 4.97. The third kappa shape index (κ3) is 6.12. The highest BCUT2D eigenvalue weighted by atomic mass is 16.6. The van der Waals surface area contributed by atoms with Gasteiger partial charge in [0, 0.05) is 6.42 Å². The summed E-state index contributed by atoms with van der Waals surface area (Å²) in [7, 11) is 0. The molecule has 0 aliphatic heterocycles. The van der Waals surface area contributed by atoms with Gasteiger partial charge >= 0.3 is 0 Å². The summed E-state index contributed by atoms with van der Waals surface area (Å²) in [5, 5.41) is 0. The van der Waals surface area contributed by atoms with E-state index in [0.29, 0.717) is 25.5 Å². The van der Waals surface area contributed by atoms with Crippen LogP contribution in [0.15, 0.2) is 0 Å². The van der Waals surface area contributed by atoms with Crippen molar-refractivity contribution in [3.05, 3.63) is 0 Å². The van der Waals surface area contributed by atoms with Crippen LogP contribution >= 0.6 is 0 Å². The van der Waals surface area contributed by atoms with Crippen molar-refractivity contribution in [1.29, 1.82) is 0 Å². The van der Waals surface area contributed by atoms with Gasteiger partial charge in [0.2, 0.25) is 5.91 Å². The van der Waals surface area contributed by atoms with E-state index in [1.165, 1.54) is 0 Å². The fourth-order valence-corrected chi connectivity index (χ4v) is 0.699. The van der Waals surface area contributed by atoms with Crippen LogP contribution in [-0.2, 0) is 9.63 Å². The minimum absolute atomic E-state index is 0.0721. The molecule has 0 fully saturated rings. The van der Waals surface area contributed by atoms with E-state index in [4.69, 9.17) is 10.6 Å². The zero-order chi connectivity index (χ0) is 9.40. The van der Waals surface area contributed by atoms with E-state index in [0.717, 1.165) is 6.42 Å². The van der Waals surface area contributed by atoms with Crippen LogP contribution in [0.4, 0.5) is 0 Å². The molecule has 1 atom stereocenters. The van der Waals surface area contributed by atoms with Crippen LogP contribution < -0.4 is 11.2 Å². The summed E-state index contributed by atoms with van der Waals surface area (Å²) in [6, 6.07) is 0. The number of carbonyl (C=O) groups is 1. The third-order valence-corrected chi connectivity index (χ3v) is 1.60. The van der Waals surface area contributed by atoms with Gasteiger partial charge in [0.25, 0.3) is 0 Å². The average Bonchev–Trinajstić information content (AvgIpc) is 2.10. The Hall–Kier alpha value is -0.610. The quantitative estimate of drug-likeness (QED) is 0.574. The Labute approximate surface area is 73.4 Å². The fraction of sp³-hybridized carbons (Fsp3) is 0.875. The minimum atomic E-state index is -0.0721. The Kier molecular flexibility index (Phi) is 6.70. The molecular formula is C8H18N2O2. The van der Waals surface area contributed by atoms with Crippen molar-refractivity contribution in [2.75, 3.05) is 13.2 Å². The van der Waals surface area contributed by atoms with Gasteiger partial charge in [0.15, 0.2) is 0 Å². The molecule has 12 heavy (non-hydrogen) atoms. The van der Waals surface area contributed by atoms with Gasteiger partial charge in [-0.15, -0.1) is 0 Å². The smallest absolute Gasteiger partial charge is 0.243 e. The van der Waals surface area contributed by atoms with Crippen LogP contribution in [0.1, 0.15) is 26.7 Å². The summed E-state index contributed by atoms with van der Waals surface area (Å²) >= 11 is 0. The highest BCUT2D eigenvalue weighted by Crippen LogP contribution is 2.02. The first-order chi connectivity index (χ1) is 5.70. The summed E-state index contributed by atoms with van der Waals surface area (Å²) in [4.78, 5) is 15.7. The second kappa shape index (κ2) is 7.06. The van der Waals surface area contributed by atoms with E-state index in [2.05, 4.69) is 5.48 Å². The molecule has 0 rings (SSSR count). The second-order valence-electron chi connectivity index (χ2n) is 2.84. The van der Waals surface area contributed by atoms with E-state index >= 15 is 0 Å². The normalized spacial score (nSPS) is 12.6. The van der Waals surface area contributed by atoms with Crippen LogP contribution in [-0.4, -0.2) is 19.1 Å². The first kappa shape index (κ1) is 11.4. The highest BCUT2D eigenvalue weighted by Gasteiger charge is 2.04. The molecule has 0 aromatic heterocycles. The standard InChI is InChI=1S/C8H18N2O2/c1-3-12-10-8(11)5-4-7(2)6-9/h7H,3-6,9H2,1-2H3,(H,10,11). The van der Waals surface area contributed by atoms with E-state index in [1.807, 2.05) is 13.8 Å². The van der Waals surface area contributed by atoms with Crippen molar-refractivity contribution in [2.24, 2.45) is 11.7 Å². The van der Waals surface area contributed by atoms with Gasteiger partial charge in [0.1, 0.15) is 0 Å². The largest absolute Gasteiger partial charge is 0.330 e. The van der Waals surface area contributed by atoms with Gasteiger partial charge in [-0.3, -0.25) is 9.63 Å². The molecule has 4 nitrogen and oxygen atoms in total. The van der Waals surface area contributed by atoms with E-state index < -0.39 is 0 Å². The van der Waals surface area contributed by atoms with Crippen molar-refractivity contribution < 1.29 is 9.63 Å². The van der Waals surface area contributed by atoms with E-state index in [9.17, 15) is 4.79 Å². The average molecular weight is 174 g/mol. The summed E-state index contributed by atoms with van der Waals surface area (Å²) in [6.07, 6.45) is 1.30.